The largest absolute Gasteiger partial charge is 0.396 e. The zero-order chi connectivity index (χ0) is 9.68. The number of aliphatic hydroxyl groups excluding tert-OH is 1. The Morgan fingerprint density at radius 1 is 1.62 bits per heavy atom. The van der Waals surface area contributed by atoms with Gasteiger partial charge in [-0.3, -0.25) is 4.79 Å². The van der Waals surface area contributed by atoms with Gasteiger partial charge in [0.2, 0.25) is 5.91 Å². The summed E-state index contributed by atoms with van der Waals surface area (Å²) in [5.41, 5.74) is 0. The lowest BCUT2D eigenvalue weighted by molar-refractivity contribution is -0.131. The number of likely N-dealkylation sites (tertiary alicyclic amines) is 1. The van der Waals surface area contributed by atoms with E-state index in [2.05, 4.69) is 0 Å². The average Bonchev–Trinajstić information content (AvgIpc) is 2.61. The first kappa shape index (κ1) is 10.5. The summed E-state index contributed by atoms with van der Waals surface area (Å²) in [7, 11) is 0. The van der Waals surface area contributed by atoms with Crippen LogP contribution in [0.5, 0.6) is 0 Å². The topological polar surface area (TPSA) is 40.5 Å². The Morgan fingerprint density at radius 3 is 3.00 bits per heavy atom. The maximum absolute atomic E-state index is 11.5. The summed E-state index contributed by atoms with van der Waals surface area (Å²) in [6.07, 6.45) is 4.63. The molecule has 76 valence electrons. The molecule has 1 unspecified atom stereocenters. The molecule has 0 saturated carbocycles. The number of hydrogen-bond acceptors (Lipinski definition) is 2. The Morgan fingerprint density at radius 2 is 2.38 bits per heavy atom. The van der Waals surface area contributed by atoms with Gasteiger partial charge < -0.3 is 10.0 Å². The van der Waals surface area contributed by atoms with Gasteiger partial charge in [-0.05, 0) is 25.7 Å². The summed E-state index contributed by atoms with van der Waals surface area (Å²) >= 11 is 0. The van der Waals surface area contributed by atoms with E-state index >= 15 is 0 Å². The van der Waals surface area contributed by atoms with Crippen molar-refractivity contribution in [3.05, 3.63) is 0 Å². The van der Waals surface area contributed by atoms with Crippen molar-refractivity contribution >= 4 is 5.91 Å². The van der Waals surface area contributed by atoms with Gasteiger partial charge >= 0.3 is 0 Å². The molecule has 0 aliphatic carbocycles. The molecule has 1 aliphatic heterocycles. The first-order valence-electron chi connectivity index (χ1n) is 5.20. The molecule has 1 aliphatic rings. The van der Waals surface area contributed by atoms with Gasteiger partial charge in [0, 0.05) is 25.6 Å². The van der Waals surface area contributed by atoms with Crippen LogP contribution in [0.4, 0.5) is 0 Å². The molecule has 0 spiro atoms. The molecule has 0 radical (unpaired) electrons. The Hall–Kier alpha value is -0.570. The summed E-state index contributed by atoms with van der Waals surface area (Å²) in [4.78, 5) is 13.4. The van der Waals surface area contributed by atoms with Crippen molar-refractivity contribution in [1.29, 1.82) is 0 Å². The minimum absolute atomic E-state index is 0.241. The van der Waals surface area contributed by atoms with Crippen LogP contribution in [0.1, 0.15) is 39.0 Å². The van der Waals surface area contributed by atoms with Gasteiger partial charge in [-0.25, -0.2) is 0 Å². The van der Waals surface area contributed by atoms with E-state index in [0.717, 1.165) is 32.2 Å². The number of nitrogens with zero attached hydrogens (tertiary/aromatic N) is 1. The maximum Gasteiger partial charge on any atom is 0.222 e. The number of hydrogen-bond donors (Lipinski definition) is 1. The van der Waals surface area contributed by atoms with E-state index in [9.17, 15) is 4.79 Å². The minimum Gasteiger partial charge on any atom is -0.396 e. The molecule has 1 fully saturated rings. The second-order valence-electron chi connectivity index (χ2n) is 3.60. The highest BCUT2D eigenvalue weighted by Gasteiger charge is 2.26. The number of aliphatic hydroxyl groups is 1. The van der Waals surface area contributed by atoms with Crippen LogP contribution < -0.4 is 0 Å². The van der Waals surface area contributed by atoms with Crippen LogP contribution in [-0.2, 0) is 4.79 Å². The fourth-order valence-electron chi connectivity index (χ4n) is 1.99. The zero-order valence-corrected chi connectivity index (χ0v) is 8.33. The lowest BCUT2D eigenvalue weighted by atomic mass is 10.1. The SMILES string of the molecule is CCC(=O)N1CCCC1CCCO. The molecule has 13 heavy (non-hydrogen) atoms. The van der Waals surface area contributed by atoms with E-state index in [4.69, 9.17) is 5.11 Å². The Bertz CT molecular complexity index is 170. The molecule has 1 rings (SSSR count). The van der Waals surface area contributed by atoms with E-state index in [1.54, 1.807) is 0 Å². The highest BCUT2D eigenvalue weighted by atomic mass is 16.3. The van der Waals surface area contributed by atoms with Crippen LogP contribution in [0, 0.1) is 0 Å². The van der Waals surface area contributed by atoms with Gasteiger partial charge in [0.15, 0.2) is 0 Å². The van der Waals surface area contributed by atoms with Crippen molar-refractivity contribution in [1.82, 2.24) is 4.90 Å². The summed E-state index contributed by atoms with van der Waals surface area (Å²) in [6.45, 7) is 3.07. The van der Waals surface area contributed by atoms with E-state index in [1.165, 1.54) is 0 Å². The molecule has 1 N–H and O–H groups in total. The third kappa shape index (κ3) is 2.69. The van der Waals surface area contributed by atoms with Crippen molar-refractivity contribution in [2.24, 2.45) is 0 Å². The van der Waals surface area contributed by atoms with Gasteiger partial charge in [-0.2, -0.15) is 0 Å². The summed E-state index contributed by atoms with van der Waals surface area (Å²) < 4.78 is 0. The highest BCUT2D eigenvalue weighted by Crippen LogP contribution is 2.21. The van der Waals surface area contributed by atoms with Crippen molar-refractivity contribution in [3.63, 3.8) is 0 Å². The van der Waals surface area contributed by atoms with Crippen LogP contribution in [0.3, 0.4) is 0 Å². The molecular formula is C10H19NO2. The number of carbonyl (C=O) groups is 1. The molecule has 1 amide bonds. The standard InChI is InChI=1S/C10H19NO2/c1-2-10(13)11-7-3-5-9(11)6-4-8-12/h9,12H,2-8H2,1H3. The number of carbonyl (C=O) groups excluding carboxylic acids is 1. The number of rotatable bonds is 4. The second-order valence-corrected chi connectivity index (χ2v) is 3.60. The fraction of sp³-hybridized carbons (Fsp3) is 0.900. The van der Waals surface area contributed by atoms with Crippen LogP contribution in [0.15, 0.2) is 0 Å². The molecule has 3 heteroatoms. The van der Waals surface area contributed by atoms with E-state index < -0.39 is 0 Å². The molecule has 0 aromatic rings. The highest BCUT2D eigenvalue weighted by molar-refractivity contribution is 5.76. The monoisotopic (exact) mass is 185 g/mol. The van der Waals surface area contributed by atoms with Gasteiger partial charge in [0.25, 0.3) is 0 Å². The third-order valence-corrected chi connectivity index (χ3v) is 2.70. The van der Waals surface area contributed by atoms with Gasteiger partial charge in [0.1, 0.15) is 0 Å². The summed E-state index contributed by atoms with van der Waals surface area (Å²) in [6, 6.07) is 0.402. The second kappa shape index (κ2) is 5.22. The summed E-state index contributed by atoms with van der Waals surface area (Å²) in [5.74, 6) is 0.264. The molecule has 1 heterocycles. The molecule has 3 nitrogen and oxygen atoms in total. The summed E-state index contributed by atoms with van der Waals surface area (Å²) in [5, 5.41) is 8.71. The van der Waals surface area contributed by atoms with Crippen molar-refractivity contribution in [2.45, 2.75) is 45.1 Å². The molecule has 0 aromatic carbocycles. The fourth-order valence-corrected chi connectivity index (χ4v) is 1.99. The molecular weight excluding hydrogens is 166 g/mol. The van der Waals surface area contributed by atoms with Crippen LogP contribution >= 0.6 is 0 Å². The van der Waals surface area contributed by atoms with Crippen molar-refractivity contribution in [2.75, 3.05) is 13.2 Å². The quantitative estimate of drug-likeness (QED) is 0.714. The van der Waals surface area contributed by atoms with Crippen molar-refractivity contribution in [3.8, 4) is 0 Å². The molecule has 0 aromatic heterocycles. The van der Waals surface area contributed by atoms with Crippen LogP contribution in [0.25, 0.3) is 0 Å². The third-order valence-electron chi connectivity index (χ3n) is 2.70. The zero-order valence-electron chi connectivity index (χ0n) is 8.33. The smallest absolute Gasteiger partial charge is 0.222 e. The van der Waals surface area contributed by atoms with Crippen LogP contribution in [0.2, 0.25) is 0 Å². The minimum atomic E-state index is 0.241. The van der Waals surface area contributed by atoms with E-state index in [-0.39, 0.29) is 12.5 Å². The Labute approximate surface area is 79.7 Å². The normalized spacial score (nSPS) is 22.3. The van der Waals surface area contributed by atoms with E-state index in [0.29, 0.717) is 12.5 Å². The Balaban J connectivity index is 2.39. The van der Waals surface area contributed by atoms with Crippen molar-refractivity contribution < 1.29 is 9.90 Å². The predicted molar refractivity (Wildman–Crippen MR) is 51.3 cm³/mol. The molecule has 1 saturated heterocycles. The van der Waals surface area contributed by atoms with Crippen LogP contribution in [-0.4, -0.2) is 35.1 Å². The average molecular weight is 185 g/mol. The molecule has 1 atom stereocenters. The first-order valence-corrected chi connectivity index (χ1v) is 5.20. The van der Waals surface area contributed by atoms with E-state index in [1.807, 2.05) is 11.8 Å². The molecule has 0 bridgehead atoms. The first-order chi connectivity index (χ1) is 6.29. The van der Waals surface area contributed by atoms with Gasteiger partial charge in [-0.15, -0.1) is 0 Å². The number of amides is 1. The Kier molecular flexibility index (Phi) is 4.22. The predicted octanol–water partition coefficient (Wildman–Crippen LogP) is 1.16. The van der Waals surface area contributed by atoms with Gasteiger partial charge in [-0.1, -0.05) is 6.92 Å². The van der Waals surface area contributed by atoms with Gasteiger partial charge in [0.05, 0.1) is 0 Å². The maximum atomic E-state index is 11.5. The lowest BCUT2D eigenvalue weighted by Crippen LogP contribution is -2.35. The lowest BCUT2D eigenvalue weighted by Gasteiger charge is -2.23.